The van der Waals surface area contributed by atoms with E-state index >= 15 is 0 Å². The third-order valence-electron chi connectivity index (χ3n) is 2.76. The van der Waals surface area contributed by atoms with Crippen molar-refractivity contribution >= 4 is 12.2 Å². The lowest BCUT2D eigenvalue weighted by Crippen LogP contribution is -2.05. The van der Waals surface area contributed by atoms with Gasteiger partial charge in [-0.1, -0.05) is 69.7 Å². The van der Waals surface area contributed by atoms with E-state index in [1.807, 2.05) is 0 Å². The second-order valence-electron chi connectivity index (χ2n) is 4.30. The first kappa shape index (κ1) is 17.2. The SMILES string of the molecule is CCCCCCCCCCCCNSOOO. The summed E-state index contributed by atoms with van der Waals surface area (Å²) in [6.07, 6.45) is 13.4. The molecular weight excluding hydrogens is 238 g/mol. The summed E-state index contributed by atoms with van der Waals surface area (Å²) in [5.41, 5.74) is 0. The molecule has 0 aliphatic rings. The van der Waals surface area contributed by atoms with Gasteiger partial charge in [-0.05, 0) is 6.42 Å². The maximum Gasteiger partial charge on any atom is 0.121 e. The maximum atomic E-state index is 7.86. The lowest BCUT2D eigenvalue weighted by atomic mass is 10.1. The van der Waals surface area contributed by atoms with Gasteiger partial charge in [-0.15, -0.1) is 4.33 Å². The number of rotatable bonds is 14. The van der Waals surface area contributed by atoms with Gasteiger partial charge in [0.15, 0.2) is 0 Å². The Morgan fingerprint density at radius 1 is 0.882 bits per heavy atom. The molecule has 0 saturated heterocycles. The molecule has 0 unspecified atom stereocenters. The highest BCUT2D eigenvalue weighted by Gasteiger charge is 1.93. The largest absolute Gasteiger partial charge is 0.238 e. The van der Waals surface area contributed by atoms with Crippen molar-refractivity contribution < 1.29 is 14.6 Å². The molecule has 0 aromatic rings. The van der Waals surface area contributed by atoms with Crippen LogP contribution in [0.4, 0.5) is 0 Å². The third-order valence-corrected chi connectivity index (χ3v) is 3.21. The van der Waals surface area contributed by atoms with Crippen LogP contribution in [0.3, 0.4) is 0 Å². The van der Waals surface area contributed by atoms with E-state index in [-0.39, 0.29) is 0 Å². The molecule has 0 spiro atoms. The van der Waals surface area contributed by atoms with Crippen LogP contribution in [0.15, 0.2) is 0 Å². The Morgan fingerprint density at radius 3 is 1.94 bits per heavy atom. The van der Waals surface area contributed by atoms with Gasteiger partial charge in [0.2, 0.25) is 0 Å². The second-order valence-corrected chi connectivity index (χ2v) is 4.89. The number of nitrogens with one attached hydrogen (secondary N) is 1. The second kappa shape index (κ2) is 16.2. The molecule has 0 radical (unpaired) electrons. The lowest BCUT2D eigenvalue weighted by molar-refractivity contribution is -0.432. The van der Waals surface area contributed by atoms with Gasteiger partial charge < -0.3 is 0 Å². The van der Waals surface area contributed by atoms with Crippen molar-refractivity contribution in [1.29, 1.82) is 0 Å². The summed E-state index contributed by atoms with van der Waals surface area (Å²) in [7, 11) is 0. The van der Waals surface area contributed by atoms with Gasteiger partial charge in [0, 0.05) is 6.54 Å². The molecule has 0 heterocycles. The topological polar surface area (TPSA) is 50.7 Å². The molecule has 0 rings (SSSR count). The van der Waals surface area contributed by atoms with E-state index in [0.29, 0.717) is 0 Å². The van der Waals surface area contributed by atoms with Crippen LogP contribution >= 0.6 is 12.2 Å². The fourth-order valence-electron chi connectivity index (χ4n) is 1.77. The van der Waals surface area contributed by atoms with Crippen molar-refractivity contribution in [2.45, 2.75) is 71.1 Å². The molecule has 5 heteroatoms. The molecule has 0 fully saturated rings. The van der Waals surface area contributed by atoms with Gasteiger partial charge >= 0.3 is 0 Å². The Kier molecular flexibility index (Phi) is 16.4. The summed E-state index contributed by atoms with van der Waals surface area (Å²) in [6.45, 7) is 3.13. The predicted molar refractivity (Wildman–Crippen MR) is 72.2 cm³/mol. The van der Waals surface area contributed by atoms with E-state index in [2.05, 4.69) is 21.0 Å². The number of hydrogen-bond donors (Lipinski definition) is 2. The molecular formula is C12H27NO3S. The average Bonchev–Trinajstić information content (AvgIpc) is 2.35. The lowest BCUT2D eigenvalue weighted by Gasteiger charge is -2.02. The standard InChI is InChI=1S/C12H27NO3S/c1-2-3-4-5-6-7-8-9-10-11-12-13-17-16-15-14/h13-14H,2-12H2,1H3. The van der Waals surface area contributed by atoms with Gasteiger partial charge in [-0.25, -0.2) is 9.98 Å². The molecule has 0 amide bonds. The molecule has 0 bridgehead atoms. The molecule has 104 valence electrons. The van der Waals surface area contributed by atoms with Gasteiger partial charge in [0.05, 0.1) is 0 Å². The Labute approximate surface area is 110 Å². The van der Waals surface area contributed by atoms with Crippen molar-refractivity contribution in [3.63, 3.8) is 0 Å². The van der Waals surface area contributed by atoms with Crippen LogP contribution in [0.5, 0.6) is 0 Å². The third kappa shape index (κ3) is 16.2. The van der Waals surface area contributed by atoms with E-state index in [9.17, 15) is 0 Å². The first-order chi connectivity index (χ1) is 8.41. The van der Waals surface area contributed by atoms with Crippen LogP contribution in [0.25, 0.3) is 0 Å². The zero-order valence-electron chi connectivity index (χ0n) is 11.0. The van der Waals surface area contributed by atoms with Gasteiger partial charge in [0.25, 0.3) is 0 Å². The highest BCUT2D eigenvalue weighted by molar-refractivity contribution is 7.92. The van der Waals surface area contributed by atoms with Crippen LogP contribution in [0, 0.1) is 0 Å². The molecule has 0 atom stereocenters. The van der Waals surface area contributed by atoms with Crippen molar-refractivity contribution in [2.24, 2.45) is 0 Å². The minimum absolute atomic E-state index is 0.879. The van der Waals surface area contributed by atoms with Crippen LogP contribution < -0.4 is 4.72 Å². The number of unbranched alkanes of at least 4 members (excludes halogenated alkanes) is 9. The minimum atomic E-state index is 0.879. The van der Waals surface area contributed by atoms with E-state index in [1.54, 1.807) is 0 Å². The van der Waals surface area contributed by atoms with Crippen molar-refractivity contribution in [1.82, 2.24) is 4.72 Å². The molecule has 17 heavy (non-hydrogen) atoms. The zero-order chi connectivity index (χ0) is 12.6. The first-order valence-electron chi connectivity index (χ1n) is 6.78. The summed E-state index contributed by atoms with van der Waals surface area (Å²) < 4.78 is 7.11. The minimum Gasteiger partial charge on any atom is -0.238 e. The van der Waals surface area contributed by atoms with Crippen molar-refractivity contribution in [2.75, 3.05) is 6.54 Å². The summed E-state index contributed by atoms with van der Waals surface area (Å²) in [6, 6.07) is 0. The highest BCUT2D eigenvalue weighted by atomic mass is 32.2. The predicted octanol–water partition coefficient (Wildman–Crippen LogP) is 4.48. The van der Waals surface area contributed by atoms with Crippen LogP contribution in [0.1, 0.15) is 71.1 Å². The molecule has 0 aliphatic carbocycles. The Balaban J connectivity index is 2.85. The molecule has 0 aliphatic heterocycles. The summed E-state index contributed by atoms with van der Waals surface area (Å²) in [5.74, 6) is 0. The molecule has 0 saturated carbocycles. The fraction of sp³-hybridized carbons (Fsp3) is 1.00. The van der Waals surface area contributed by atoms with Gasteiger partial charge in [0.1, 0.15) is 12.2 Å². The van der Waals surface area contributed by atoms with E-state index in [0.717, 1.165) is 25.2 Å². The molecule has 4 nitrogen and oxygen atoms in total. The normalized spacial score (nSPS) is 10.9. The fourth-order valence-corrected chi connectivity index (χ4v) is 2.07. The van der Waals surface area contributed by atoms with Crippen LogP contribution in [0.2, 0.25) is 0 Å². The van der Waals surface area contributed by atoms with Crippen molar-refractivity contribution in [3.8, 4) is 0 Å². The van der Waals surface area contributed by atoms with Gasteiger partial charge in [-0.2, -0.15) is 0 Å². The highest BCUT2D eigenvalue weighted by Crippen LogP contribution is 2.10. The van der Waals surface area contributed by atoms with E-state index < -0.39 is 0 Å². The van der Waals surface area contributed by atoms with Crippen LogP contribution in [-0.4, -0.2) is 11.8 Å². The zero-order valence-corrected chi connectivity index (χ0v) is 11.8. The Morgan fingerprint density at radius 2 is 1.41 bits per heavy atom. The van der Waals surface area contributed by atoms with Crippen LogP contribution in [-0.2, 0) is 9.37 Å². The number of hydrogen-bond acceptors (Lipinski definition) is 5. The van der Waals surface area contributed by atoms with E-state index in [1.165, 1.54) is 57.8 Å². The average molecular weight is 265 g/mol. The van der Waals surface area contributed by atoms with Gasteiger partial charge in [-0.3, -0.25) is 0 Å². The molecule has 0 aromatic heterocycles. The monoisotopic (exact) mass is 265 g/mol. The smallest absolute Gasteiger partial charge is 0.121 e. The quantitative estimate of drug-likeness (QED) is 0.159. The summed E-state index contributed by atoms with van der Waals surface area (Å²) in [5, 5.41) is 11.3. The summed E-state index contributed by atoms with van der Waals surface area (Å²) in [4.78, 5) is 0. The summed E-state index contributed by atoms with van der Waals surface area (Å²) >= 11 is 0.911. The van der Waals surface area contributed by atoms with E-state index in [4.69, 9.17) is 5.26 Å². The first-order valence-corrected chi connectivity index (χ1v) is 7.52. The Bertz CT molecular complexity index is 125. The molecule has 2 N–H and O–H groups in total. The maximum absolute atomic E-state index is 7.86. The Hall–Kier alpha value is 0.190. The molecule has 0 aromatic carbocycles. The van der Waals surface area contributed by atoms with Crippen molar-refractivity contribution in [3.05, 3.63) is 0 Å².